The summed E-state index contributed by atoms with van der Waals surface area (Å²) in [6, 6.07) is 3.43. The summed E-state index contributed by atoms with van der Waals surface area (Å²) in [6.07, 6.45) is -3.74. The molecule has 0 aliphatic heterocycles. The number of hydrogen-bond acceptors (Lipinski definition) is 4. The minimum atomic E-state index is -4.78. The largest absolute Gasteiger partial charge is 0.464 e. The molecule has 0 aliphatic carbocycles. The Morgan fingerprint density at radius 2 is 2.00 bits per heavy atom. The van der Waals surface area contributed by atoms with E-state index >= 15 is 0 Å². The van der Waals surface area contributed by atoms with Crippen LogP contribution < -0.4 is 5.73 Å². The van der Waals surface area contributed by atoms with Crippen LogP contribution >= 0.6 is 0 Å². The molecule has 120 valence electrons. The van der Waals surface area contributed by atoms with Gasteiger partial charge in [-0.15, -0.1) is 0 Å². The number of esters is 1. The zero-order valence-corrected chi connectivity index (χ0v) is 11.6. The van der Waals surface area contributed by atoms with Crippen molar-refractivity contribution in [1.82, 2.24) is 4.57 Å². The highest BCUT2D eigenvalue weighted by molar-refractivity contribution is 5.95. The van der Waals surface area contributed by atoms with Crippen LogP contribution in [0.4, 0.5) is 23.2 Å². The van der Waals surface area contributed by atoms with E-state index in [2.05, 4.69) is 4.74 Å². The molecule has 0 saturated carbocycles. The third-order valence-corrected chi connectivity index (χ3v) is 3.03. The van der Waals surface area contributed by atoms with Crippen molar-refractivity contribution >= 4 is 11.7 Å². The first-order valence-corrected chi connectivity index (χ1v) is 6.06. The molecule has 23 heavy (non-hydrogen) atoms. The predicted octanol–water partition coefficient (Wildman–Crippen LogP) is 2.88. The van der Waals surface area contributed by atoms with Gasteiger partial charge >= 0.3 is 12.1 Å². The number of halogens is 4. The molecule has 2 N–H and O–H groups in total. The molecular weight excluding hydrogens is 318 g/mol. The Hall–Kier alpha value is -3.02. The molecule has 0 saturated heterocycles. The number of methoxy groups -OCH3 is 1. The monoisotopic (exact) mass is 327 g/mol. The summed E-state index contributed by atoms with van der Waals surface area (Å²) in [5.74, 6) is -2.13. The van der Waals surface area contributed by atoms with Crippen molar-refractivity contribution in [2.45, 2.75) is 6.18 Å². The first kappa shape index (κ1) is 16.4. The van der Waals surface area contributed by atoms with E-state index in [-0.39, 0.29) is 22.6 Å². The van der Waals surface area contributed by atoms with Crippen molar-refractivity contribution in [3.8, 4) is 11.8 Å². The van der Waals surface area contributed by atoms with Crippen LogP contribution in [0.5, 0.6) is 0 Å². The van der Waals surface area contributed by atoms with E-state index in [1.165, 1.54) is 0 Å². The fraction of sp³-hybridized carbons (Fsp3) is 0.143. The van der Waals surface area contributed by atoms with Gasteiger partial charge < -0.3 is 15.0 Å². The molecule has 0 aliphatic rings. The summed E-state index contributed by atoms with van der Waals surface area (Å²) in [5.41, 5.74) is 3.30. The van der Waals surface area contributed by atoms with E-state index in [9.17, 15) is 22.4 Å². The zero-order valence-electron chi connectivity index (χ0n) is 11.6. The summed E-state index contributed by atoms with van der Waals surface area (Å²) in [4.78, 5) is 11.8. The Labute approximate surface area is 127 Å². The molecule has 5 nitrogen and oxygen atoms in total. The Bertz CT molecular complexity index is 819. The first-order chi connectivity index (χ1) is 10.7. The zero-order chi connectivity index (χ0) is 17.4. The number of anilines is 1. The quantitative estimate of drug-likeness (QED) is 0.679. The molecule has 0 radical (unpaired) electrons. The number of nitrogens with zero attached hydrogens (tertiary/aromatic N) is 2. The van der Waals surface area contributed by atoms with Gasteiger partial charge in [0.1, 0.15) is 11.9 Å². The predicted molar refractivity (Wildman–Crippen MR) is 71.2 cm³/mol. The number of nitriles is 1. The van der Waals surface area contributed by atoms with E-state index in [0.29, 0.717) is 12.1 Å². The fourth-order valence-electron chi connectivity index (χ4n) is 2.00. The maximum Gasteiger partial charge on any atom is 0.416 e. The van der Waals surface area contributed by atoms with Crippen molar-refractivity contribution in [3.05, 3.63) is 47.0 Å². The van der Waals surface area contributed by atoms with E-state index in [0.717, 1.165) is 23.9 Å². The molecule has 1 aromatic heterocycles. The van der Waals surface area contributed by atoms with Crippen LogP contribution in [0, 0.1) is 17.1 Å². The summed E-state index contributed by atoms with van der Waals surface area (Å²) in [7, 11) is 1.04. The number of carbonyl (C=O) groups excluding carboxylic acids is 1. The van der Waals surface area contributed by atoms with E-state index < -0.39 is 23.5 Å². The van der Waals surface area contributed by atoms with Crippen molar-refractivity contribution < 1.29 is 27.1 Å². The number of ether oxygens (including phenoxy) is 1. The lowest BCUT2D eigenvalue weighted by atomic mass is 10.2. The standard InChI is InChI=1S/C14H9F4N3O2/c1-23-13(22)12-11(20)7(5-19)6-21(12)10-3-8(14(16,17)18)2-9(15)4-10/h2-4,6H,20H2,1H3. The molecule has 0 atom stereocenters. The van der Waals surface area contributed by atoms with Crippen LogP contribution in [0.2, 0.25) is 0 Å². The first-order valence-electron chi connectivity index (χ1n) is 6.06. The second kappa shape index (κ2) is 5.64. The van der Waals surface area contributed by atoms with Gasteiger partial charge in [-0.05, 0) is 18.2 Å². The molecule has 0 bridgehead atoms. The Morgan fingerprint density at radius 1 is 1.35 bits per heavy atom. The summed E-state index contributed by atoms with van der Waals surface area (Å²) in [5, 5.41) is 8.95. The molecule has 0 fully saturated rings. The molecule has 9 heteroatoms. The smallest absolute Gasteiger partial charge is 0.416 e. The maximum atomic E-state index is 13.5. The van der Waals surface area contributed by atoms with Crippen LogP contribution in [0.3, 0.4) is 0 Å². The number of alkyl halides is 3. The van der Waals surface area contributed by atoms with Gasteiger partial charge in [0, 0.05) is 11.9 Å². The van der Waals surface area contributed by atoms with Gasteiger partial charge in [0.2, 0.25) is 0 Å². The Morgan fingerprint density at radius 3 is 2.52 bits per heavy atom. The number of nitrogen functional groups attached to an aromatic ring is 1. The molecule has 0 spiro atoms. The van der Waals surface area contributed by atoms with Gasteiger partial charge in [0.05, 0.1) is 23.9 Å². The number of benzene rings is 1. The molecular formula is C14H9F4N3O2. The van der Waals surface area contributed by atoms with Gasteiger partial charge in [-0.25, -0.2) is 9.18 Å². The van der Waals surface area contributed by atoms with E-state index in [1.807, 2.05) is 0 Å². The van der Waals surface area contributed by atoms with Gasteiger partial charge in [-0.3, -0.25) is 0 Å². The topological polar surface area (TPSA) is 81.0 Å². The molecule has 0 amide bonds. The van der Waals surface area contributed by atoms with Crippen LogP contribution in [-0.4, -0.2) is 17.6 Å². The average molecular weight is 327 g/mol. The highest BCUT2D eigenvalue weighted by Gasteiger charge is 2.32. The summed E-state index contributed by atoms with van der Waals surface area (Å²) < 4.78 is 57.3. The lowest BCUT2D eigenvalue weighted by Gasteiger charge is -2.12. The van der Waals surface area contributed by atoms with Gasteiger partial charge in [0.25, 0.3) is 0 Å². The summed E-state index contributed by atoms with van der Waals surface area (Å²) in [6.45, 7) is 0. The maximum absolute atomic E-state index is 13.5. The molecule has 1 heterocycles. The van der Waals surface area contributed by atoms with Crippen molar-refractivity contribution in [2.24, 2.45) is 0 Å². The minimum Gasteiger partial charge on any atom is -0.464 e. The molecule has 1 aromatic carbocycles. The number of aromatic nitrogens is 1. The van der Waals surface area contributed by atoms with Crippen molar-refractivity contribution in [2.75, 3.05) is 12.8 Å². The second-order valence-electron chi connectivity index (χ2n) is 4.47. The lowest BCUT2D eigenvalue weighted by Crippen LogP contribution is -2.12. The van der Waals surface area contributed by atoms with Crippen molar-refractivity contribution in [1.29, 1.82) is 5.26 Å². The van der Waals surface area contributed by atoms with Gasteiger partial charge in [-0.1, -0.05) is 0 Å². The number of rotatable bonds is 2. The van der Waals surface area contributed by atoms with Crippen LogP contribution in [0.1, 0.15) is 21.6 Å². The van der Waals surface area contributed by atoms with Crippen LogP contribution in [0.25, 0.3) is 5.69 Å². The molecule has 2 aromatic rings. The van der Waals surface area contributed by atoms with E-state index in [1.54, 1.807) is 6.07 Å². The van der Waals surface area contributed by atoms with Gasteiger partial charge in [-0.2, -0.15) is 18.4 Å². The van der Waals surface area contributed by atoms with E-state index in [4.69, 9.17) is 11.0 Å². The molecule has 2 rings (SSSR count). The van der Waals surface area contributed by atoms with Crippen molar-refractivity contribution in [3.63, 3.8) is 0 Å². The number of carbonyl (C=O) groups is 1. The summed E-state index contributed by atoms with van der Waals surface area (Å²) >= 11 is 0. The highest BCUT2D eigenvalue weighted by atomic mass is 19.4. The third-order valence-electron chi connectivity index (χ3n) is 3.03. The van der Waals surface area contributed by atoms with Crippen LogP contribution in [0.15, 0.2) is 24.4 Å². The number of nitrogens with two attached hydrogens (primary N) is 1. The second-order valence-corrected chi connectivity index (χ2v) is 4.47. The lowest BCUT2D eigenvalue weighted by molar-refractivity contribution is -0.137. The van der Waals surface area contributed by atoms with Crippen LogP contribution in [-0.2, 0) is 10.9 Å². The fourth-order valence-corrected chi connectivity index (χ4v) is 2.00. The highest BCUT2D eigenvalue weighted by Crippen LogP contribution is 2.32. The minimum absolute atomic E-state index is 0.150. The Kier molecular flexibility index (Phi) is 4.01. The number of hydrogen-bond donors (Lipinski definition) is 1. The third kappa shape index (κ3) is 2.96. The average Bonchev–Trinajstić information content (AvgIpc) is 2.81. The Balaban J connectivity index is 2.75. The SMILES string of the molecule is COC(=O)c1c(N)c(C#N)cn1-c1cc(F)cc(C(F)(F)F)c1. The molecule has 0 unspecified atom stereocenters. The van der Waals surface area contributed by atoms with Gasteiger partial charge in [0.15, 0.2) is 5.69 Å². The normalized spacial score (nSPS) is 11.1.